The van der Waals surface area contributed by atoms with Gasteiger partial charge in [-0.25, -0.2) is 0 Å². The monoisotopic (exact) mass is 279 g/mol. The molecule has 19 heavy (non-hydrogen) atoms. The SMILES string of the molecule is CCC(N)(C#N)CCCSc1ccccc1[N+](=O)[O-]. The fourth-order valence-corrected chi connectivity index (χ4v) is 2.59. The number of benzene rings is 1. The third-order valence-corrected chi connectivity index (χ3v) is 4.09. The molecule has 5 nitrogen and oxygen atoms in total. The second-order valence-corrected chi connectivity index (χ2v) is 5.44. The van der Waals surface area contributed by atoms with Crippen molar-refractivity contribution in [3.63, 3.8) is 0 Å². The number of nitrogens with two attached hydrogens (primary N) is 1. The van der Waals surface area contributed by atoms with Crippen molar-refractivity contribution in [1.82, 2.24) is 0 Å². The van der Waals surface area contributed by atoms with E-state index in [2.05, 4.69) is 6.07 Å². The predicted octanol–water partition coefficient (Wildman–Crippen LogP) is 3.10. The average molecular weight is 279 g/mol. The van der Waals surface area contributed by atoms with Crippen LogP contribution in [0.1, 0.15) is 26.2 Å². The molecule has 0 aliphatic heterocycles. The fourth-order valence-electron chi connectivity index (χ4n) is 1.61. The number of nitro benzene ring substituents is 1. The van der Waals surface area contributed by atoms with Crippen LogP contribution in [-0.2, 0) is 0 Å². The zero-order valence-electron chi connectivity index (χ0n) is 10.8. The lowest BCUT2D eigenvalue weighted by molar-refractivity contribution is -0.387. The van der Waals surface area contributed by atoms with Crippen molar-refractivity contribution in [1.29, 1.82) is 5.26 Å². The quantitative estimate of drug-likeness (QED) is 0.358. The van der Waals surface area contributed by atoms with Crippen LogP contribution in [-0.4, -0.2) is 16.2 Å². The van der Waals surface area contributed by atoms with E-state index in [1.54, 1.807) is 18.2 Å². The molecule has 1 unspecified atom stereocenters. The number of nitro groups is 1. The standard InChI is InChI=1S/C13H17N3O2S/c1-2-13(15,10-14)8-5-9-19-12-7-4-3-6-11(12)16(17)18/h3-4,6-7H,2,5,8-9,15H2,1H3. The highest BCUT2D eigenvalue weighted by atomic mass is 32.2. The smallest absolute Gasteiger partial charge is 0.282 e. The molecule has 1 atom stereocenters. The summed E-state index contributed by atoms with van der Waals surface area (Å²) < 4.78 is 0. The van der Waals surface area contributed by atoms with Gasteiger partial charge in [-0.1, -0.05) is 19.1 Å². The van der Waals surface area contributed by atoms with E-state index in [1.807, 2.05) is 6.92 Å². The van der Waals surface area contributed by atoms with Gasteiger partial charge in [-0.2, -0.15) is 5.26 Å². The highest BCUT2D eigenvalue weighted by Gasteiger charge is 2.21. The van der Waals surface area contributed by atoms with E-state index < -0.39 is 5.54 Å². The molecule has 0 amide bonds. The van der Waals surface area contributed by atoms with Crippen molar-refractivity contribution in [3.05, 3.63) is 34.4 Å². The van der Waals surface area contributed by atoms with E-state index in [0.29, 0.717) is 23.5 Å². The lowest BCUT2D eigenvalue weighted by atomic mass is 9.94. The number of nitriles is 1. The van der Waals surface area contributed by atoms with Gasteiger partial charge in [0.2, 0.25) is 0 Å². The Bertz CT molecular complexity index is 487. The number of para-hydroxylation sites is 1. The molecule has 1 aromatic carbocycles. The van der Waals surface area contributed by atoms with Gasteiger partial charge in [0.25, 0.3) is 5.69 Å². The Balaban J connectivity index is 2.51. The van der Waals surface area contributed by atoms with Gasteiger partial charge >= 0.3 is 0 Å². The molecule has 0 spiro atoms. The van der Waals surface area contributed by atoms with Crippen molar-refractivity contribution in [2.75, 3.05) is 5.75 Å². The topological polar surface area (TPSA) is 93.0 Å². The first-order valence-electron chi connectivity index (χ1n) is 6.09. The maximum absolute atomic E-state index is 10.8. The summed E-state index contributed by atoms with van der Waals surface area (Å²) in [4.78, 5) is 11.1. The Morgan fingerprint density at radius 3 is 2.79 bits per heavy atom. The van der Waals surface area contributed by atoms with Gasteiger partial charge in [0.15, 0.2) is 0 Å². The molecular formula is C13H17N3O2S. The third-order valence-electron chi connectivity index (χ3n) is 2.94. The number of hydrogen-bond acceptors (Lipinski definition) is 5. The van der Waals surface area contributed by atoms with E-state index in [9.17, 15) is 10.1 Å². The minimum Gasteiger partial charge on any atom is -0.313 e. The summed E-state index contributed by atoms with van der Waals surface area (Å²) in [7, 11) is 0. The second kappa shape index (κ2) is 7.12. The van der Waals surface area contributed by atoms with Crippen LogP contribution in [0.3, 0.4) is 0 Å². The number of thioether (sulfide) groups is 1. The van der Waals surface area contributed by atoms with Crippen LogP contribution in [0.25, 0.3) is 0 Å². The molecule has 0 heterocycles. The summed E-state index contributed by atoms with van der Waals surface area (Å²) in [5.41, 5.74) is 5.23. The zero-order chi connectivity index (χ0) is 14.3. The summed E-state index contributed by atoms with van der Waals surface area (Å²) >= 11 is 1.43. The Morgan fingerprint density at radius 1 is 1.53 bits per heavy atom. The fraction of sp³-hybridized carbons (Fsp3) is 0.462. The Labute approximate surface area is 116 Å². The maximum atomic E-state index is 10.8. The van der Waals surface area contributed by atoms with Gasteiger partial charge in [-0.3, -0.25) is 10.1 Å². The molecule has 0 aromatic heterocycles. The molecule has 6 heteroatoms. The summed E-state index contributed by atoms with van der Waals surface area (Å²) in [6.45, 7) is 1.89. The number of nitrogens with zero attached hydrogens (tertiary/aromatic N) is 2. The van der Waals surface area contributed by atoms with E-state index >= 15 is 0 Å². The predicted molar refractivity (Wildman–Crippen MR) is 75.9 cm³/mol. The van der Waals surface area contributed by atoms with Crippen LogP contribution >= 0.6 is 11.8 Å². The van der Waals surface area contributed by atoms with Crippen LogP contribution in [0.2, 0.25) is 0 Å². The van der Waals surface area contributed by atoms with E-state index in [-0.39, 0.29) is 10.6 Å². The van der Waals surface area contributed by atoms with E-state index in [0.717, 1.165) is 6.42 Å². The van der Waals surface area contributed by atoms with Crippen molar-refractivity contribution in [2.24, 2.45) is 5.73 Å². The largest absolute Gasteiger partial charge is 0.313 e. The molecule has 0 aliphatic rings. The van der Waals surface area contributed by atoms with E-state index in [1.165, 1.54) is 17.8 Å². The van der Waals surface area contributed by atoms with Gasteiger partial charge < -0.3 is 5.73 Å². The molecule has 0 fully saturated rings. The maximum Gasteiger partial charge on any atom is 0.282 e. The highest BCUT2D eigenvalue weighted by Crippen LogP contribution is 2.29. The molecule has 0 radical (unpaired) electrons. The molecule has 0 saturated carbocycles. The molecule has 1 rings (SSSR count). The van der Waals surface area contributed by atoms with Crippen LogP contribution in [0, 0.1) is 21.4 Å². The van der Waals surface area contributed by atoms with Crippen molar-refractivity contribution in [3.8, 4) is 6.07 Å². The minimum atomic E-state index is -0.775. The van der Waals surface area contributed by atoms with Crippen LogP contribution in [0.5, 0.6) is 0 Å². The van der Waals surface area contributed by atoms with E-state index in [4.69, 9.17) is 11.0 Å². The normalized spacial score (nSPS) is 13.5. The summed E-state index contributed by atoms with van der Waals surface area (Å²) in [5, 5.41) is 19.8. The first kappa shape index (κ1) is 15.5. The third kappa shape index (κ3) is 4.54. The second-order valence-electron chi connectivity index (χ2n) is 4.30. The van der Waals surface area contributed by atoms with Gasteiger partial charge in [0.05, 0.1) is 15.9 Å². The first-order valence-corrected chi connectivity index (χ1v) is 7.07. The summed E-state index contributed by atoms with van der Waals surface area (Å²) in [6.07, 6.45) is 1.97. The summed E-state index contributed by atoms with van der Waals surface area (Å²) in [6, 6.07) is 8.79. The molecular weight excluding hydrogens is 262 g/mol. The molecule has 0 aliphatic carbocycles. The lowest BCUT2D eigenvalue weighted by Gasteiger charge is -2.18. The lowest BCUT2D eigenvalue weighted by Crippen LogP contribution is -2.37. The number of rotatable bonds is 7. The molecule has 1 aromatic rings. The first-order chi connectivity index (χ1) is 9.02. The highest BCUT2D eigenvalue weighted by molar-refractivity contribution is 7.99. The Hall–Kier alpha value is -1.58. The zero-order valence-corrected chi connectivity index (χ0v) is 11.7. The average Bonchev–Trinajstić information content (AvgIpc) is 2.43. The minimum absolute atomic E-state index is 0.127. The van der Waals surface area contributed by atoms with Crippen LogP contribution in [0.4, 0.5) is 5.69 Å². The van der Waals surface area contributed by atoms with Gasteiger partial charge in [-0.15, -0.1) is 11.8 Å². The Morgan fingerprint density at radius 2 is 2.21 bits per heavy atom. The van der Waals surface area contributed by atoms with Crippen LogP contribution in [0.15, 0.2) is 29.2 Å². The van der Waals surface area contributed by atoms with Gasteiger partial charge in [0, 0.05) is 6.07 Å². The molecule has 0 saturated heterocycles. The molecule has 0 bridgehead atoms. The van der Waals surface area contributed by atoms with Crippen molar-refractivity contribution < 1.29 is 4.92 Å². The van der Waals surface area contributed by atoms with Crippen LogP contribution < -0.4 is 5.73 Å². The number of hydrogen-bond donors (Lipinski definition) is 1. The molecule has 102 valence electrons. The van der Waals surface area contributed by atoms with Crippen molar-refractivity contribution in [2.45, 2.75) is 36.6 Å². The molecule has 2 N–H and O–H groups in total. The van der Waals surface area contributed by atoms with Gasteiger partial charge in [-0.05, 0) is 31.1 Å². The summed E-state index contributed by atoms with van der Waals surface area (Å²) in [5.74, 6) is 0.714. The van der Waals surface area contributed by atoms with Gasteiger partial charge in [0.1, 0.15) is 5.54 Å². The Kier molecular flexibility index (Phi) is 5.80. The van der Waals surface area contributed by atoms with Crippen molar-refractivity contribution >= 4 is 17.4 Å².